The van der Waals surface area contributed by atoms with Gasteiger partial charge in [-0.05, 0) is 73.6 Å². The van der Waals surface area contributed by atoms with Crippen molar-refractivity contribution < 1.29 is 19.1 Å². The fourth-order valence-corrected chi connectivity index (χ4v) is 5.38. The van der Waals surface area contributed by atoms with Crippen molar-refractivity contribution in [2.75, 3.05) is 24.6 Å². The number of hydrogen-bond donors (Lipinski definition) is 2. The Balaban J connectivity index is 1.27. The lowest BCUT2D eigenvalue weighted by Gasteiger charge is -2.32. The van der Waals surface area contributed by atoms with Gasteiger partial charge < -0.3 is 25.0 Å². The summed E-state index contributed by atoms with van der Waals surface area (Å²) in [7, 11) is 0. The van der Waals surface area contributed by atoms with E-state index in [-0.39, 0.29) is 36.5 Å². The minimum Gasteiger partial charge on any atom is -0.463 e. The molecule has 1 aliphatic heterocycles. The van der Waals surface area contributed by atoms with Gasteiger partial charge in [0.1, 0.15) is 12.2 Å². The SMILES string of the molecule is C[C@@H](N[C@H]1CCN(c2ccc(CC(=O)OC[C@@H](NC(=O)OC(C)(C)C)C(C)(C)C)cc2)C1)c1cccc2ccccc12. The fourth-order valence-electron chi connectivity index (χ4n) is 5.38. The highest BCUT2D eigenvalue weighted by Gasteiger charge is 2.30. The molecule has 3 aromatic rings. The molecule has 42 heavy (non-hydrogen) atoms. The molecule has 0 bridgehead atoms. The third-order valence-electron chi connectivity index (χ3n) is 7.76. The van der Waals surface area contributed by atoms with E-state index < -0.39 is 11.7 Å². The Kier molecular flexibility index (Phi) is 9.82. The van der Waals surface area contributed by atoms with E-state index in [1.54, 1.807) is 0 Å². The van der Waals surface area contributed by atoms with Crippen LogP contribution in [0.3, 0.4) is 0 Å². The Labute approximate surface area is 251 Å². The van der Waals surface area contributed by atoms with Gasteiger partial charge in [0, 0.05) is 30.9 Å². The number of amides is 1. The number of anilines is 1. The molecule has 7 nitrogen and oxygen atoms in total. The summed E-state index contributed by atoms with van der Waals surface area (Å²) in [6.45, 7) is 15.7. The lowest BCUT2D eigenvalue weighted by molar-refractivity contribution is -0.144. The van der Waals surface area contributed by atoms with E-state index in [1.807, 2.05) is 53.7 Å². The van der Waals surface area contributed by atoms with Crippen LogP contribution in [0, 0.1) is 5.41 Å². The predicted octanol–water partition coefficient (Wildman–Crippen LogP) is 6.79. The third kappa shape index (κ3) is 8.71. The summed E-state index contributed by atoms with van der Waals surface area (Å²) >= 11 is 0. The standard InChI is InChI=1S/C35H47N3O4/c1-24(29-14-10-12-26-11-8-9-13-30(26)29)36-27-19-20-38(22-27)28-17-15-25(16-18-28)21-32(39)41-23-31(34(2,3)4)37-33(40)42-35(5,6)7/h8-18,24,27,31,36H,19-23H2,1-7H3,(H,37,40)/t24-,27+,31-/m1/s1. The van der Waals surface area contributed by atoms with Crippen molar-refractivity contribution in [2.45, 2.75) is 85.0 Å². The van der Waals surface area contributed by atoms with Crippen LogP contribution >= 0.6 is 0 Å². The monoisotopic (exact) mass is 573 g/mol. The highest BCUT2D eigenvalue weighted by Crippen LogP contribution is 2.27. The maximum absolute atomic E-state index is 12.7. The van der Waals surface area contributed by atoms with Gasteiger partial charge in [-0.15, -0.1) is 0 Å². The molecule has 0 unspecified atom stereocenters. The molecular formula is C35H47N3O4. The molecular weight excluding hydrogens is 526 g/mol. The Bertz CT molecular complexity index is 1350. The molecule has 7 heteroatoms. The molecule has 1 fully saturated rings. The van der Waals surface area contributed by atoms with Gasteiger partial charge in [-0.2, -0.15) is 0 Å². The van der Waals surface area contributed by atoms with Crippen molar-refractivity contribution in [3.05, 3.63) is 77.9 Å². The zero-order valence-electron chi connectivity index (χ0n) is 26.2. The van der Waals surface area contributed by atoms with Gasteiger partial charge in [-0.1, -0.05) is 75.4 Å². The molecule has 0 aliphatic carbocycles. The summed E-state index contributed by atoms with van der Waals surface area (Å²) in [4.78, 5) is 27.3. The van der Waals surface area contributed by atoms with Crippen molar-refractivity contribution in [2.24, 2.45) is 5.41 Å². The number of nitrogens with one attached hydrogen (secondary N) is 2. The van der Waals surface area contributed by atoms with Gasteiger partial charge >= 0.3 is 12.1 Å². The van der Waals surface area contributed by atoms with Crippen LogP contribution in [0.4, 0.5) is 10.5 Å². The van der Waals surface area contributed by atoms with Gasteiger partial charge in [0.25, 0.3) is 0 Å². The lowest BCUT2D eigenvalue weighted by Crippen LogP contribution is -2.48. The maximum atomic E-state index is 12.7. The van der Waals surface area contributed by atoms with E-state index in [0.717, 1.165) is 30.8 Å². The molecule has 3 aromatic carbocycles. The van der Waals surface area contributed by atoms with Crippen LogP contribution in [0.5, 0.6) is 0 Å². The molecule has 226 valence electrons. The van der Waals surface area contributed by atoms with E-state index in [9.17, 15) is 9.59 Å². The molecule has 0 aromatic heterocycles. The van der Waals surface area contributed by atoms with Crippen LogP contribution in [0.2, 0.25) is 0 Å². The van der Waals surface area contributed by atoms with Crippen molar-refractivity contribution in [1.82, 2.24) is 10.6 Å². The number of benzene rings is 3. The van der Waals surface area contributed by atoms with Crippen LogP contribution in [-0.2, 0) is 20.7 Å². The zero-order chi connectivity index (χ0) is 30.5. The number of alkyl carbamates (subject to hydrolysis) is 1. The summed E-state index contributed by atoms with van der Waals surface area (Å²) in [5, 5.41) is 9.27. The first-order valence-corrected chi connectivity index (χ1v) is 15.0. The van der Waals surface area contributed by atoms with E-state index in [0.29, 0.717) is 6.04 Å². The quantitative estimate of drug-likeness (QED) is 0.274. The maximum Gasteiger partial charge on any atom is 0.408 e. The Morgan fingerprint density at radius 2 is 1.64 bits per heavy atom. The molecule has 1 saturated heterocycles. The van der Waals surface area contributed by atoms with E-state index in [4.69, 9.17) is 9.47 Å². The van der Waals surface area contributed by atoms with E-state index >= 15 is 0 Å². The summed E-state index contributed by atoms with van der Waals surface area (Å²) in [5.74, 6) is -0.323. The van der Waals surface area contributed by atoms with Gasteiger partial charge in [-0.25, -0.2) is 4.79 Å². The highest BCUT2D eigenvalue weighted by atomic mass is 16.6. The summed E-state index contributed by atoms with van der Waals surface area (Å²) in [6, 6.07) is 23.5. The summed E-state index contributed by atoms with van der Waals surface area (Å²) in [6.07, 6.45) is 0.739. The first-order valence-electron chi connectivity index (χ1n) is 15.0. The number of nitrogens with zero attached hydrogens (tertiary/aromatic N) is 1. The lowest BCUT2D eigenvalue weighted by atomic mass is 9.87. The number of esters is 1. The minimum atomic E-state index is -0.599. The first kappa shape index (κ1) is 31.4. The van der Waals surface area contributed by atoms with Gasteiger partial charge in [0.15, 0.2) is 0 Å². The fraction of sp³-hybridized carbons (Fsp3) is 0.486. The largest absolute Gasteiger partial charge is 0.463 e. The molecule has 0 spiro atoms. The molecule has 1 amide bonds. The van der Waals surface area contributed by atoms with Gasteiger partial charge in [0.2, 0.25) is 0 Å². The number of fused-ring (bicyclic) bond motifs is 1. The van der Waals surface area contributed by atoms with Crippen molar-refractivity contribution in [3.8, 4) is 0 Å². The third-order valence-corrected chi connectivity index (χ3v) is 7.76. The van der Waals surface area contributed by atoms with Gasteiger partial charge in [0.05, 0.1) is 12.5 Å². The molecule has 3 atom stereocenters. The van der Waals surface area contributed by atoms with E-state index in [2.05, 4.69) is 77.1 Å². The molecule has 1 aliphatic rings. The predicted molar refractivity (Wildman–Crippen MR) is 170 cm³/mol. The van der Waals surface area contributed by atoms with Crippen LogP contribution < -0.4 is 15.5 Å². The van der Waals surface area contributed by atoms with Crippen LogP contribution in [-0.4, -0.2) is 49.4 Å². The normalized spacial score (nSPS) is 17.1. The van der Waals surface area contributed by atoms with E-state index in [1.165, 1.54) is 16.3 Å². The Morgan fingerprint density at radius 3 is 2.33 bits per heavy atom. The minimum absolute atomic E-state index is 0.0824. The Hall–Kier alpha value is -3.58. The average molecular weight is 574 g/mol. The summed E-state index contributed by atoms with van der Waals surface area (Å²) in [5.41, 5.74) is 2.47. The Morgan fingerprint density at radius 1 is 0.952 bits per heavy atom. The number of hydrogen-bond acceptors (Lipinski definition) is 6. The second kappa shape index (κ2) is 13.2. The second-order valence-electron chi connectivity index (χ2n) is 13.5. The number of carbonyl (C=O) groups is 2. The number of ether oxygens (including phenoxy) is 2. The molecule has 0 radical (unpaired) electrons. The van der Waals surface area contributed by atoms with Crippen molar-refractivity contribution in [3.63, 3.8) is 0 Å². The summed E-state index contributed by atoms with van der Waals surface area (Å²) < 4.78 is 11.0. The average Bonchev–Trinajstić information content (AvgIpc) is 3.37. The molecule has 1 heterocycles. The first-order chi connectivity index (χ1) is 19.8. The van der Waals surface area contributed by atoms with Crippen molar-refractivity contribution >= 4 is 28.5 Å². The second-order valence-corrected chi connectivity index (χ2v) is 13.5. The van der Waals surface area contributed by atoms with Crippen LogP contribution in [0.15, 0.2) is 66.7 Å². The number of rotatable bonds is 9. The molecule has 2 N–H and O–H groups in total. The molecule has 0 saturated carbocycles. The van der Waals surface area contributed by atoms with Gasteiger partial charge in [-0.3, -0.25) is 4.79 Å². The van der Waals surface area contributed by atoms with Crippen LogP contribution in [0.1, 0.15) is 72.1 Å². The molecule has 4 rings (SSSR count). The highest BCUT2D eigenvalue weighted by molar-refractivity contribution is 5.86. The van der Waals surface area contributed by atoms with Crippen LogP contribution in [0.25, 0.3) is 10.8 Å². The van der Waals surface area contributed by atoms with Crippen molar-refractivity contribution in [1.29, 1.82) is 0 Å². The smallest absolute Gasteiger partial charge is 0.408 e. The zero-order valence-corrected chi connectivity index (χ0v) is 26.2. The number of carbonyl (C=O) groups excluding carboxylic acids is 2. The topological polar surface area (TPSA) is 79.9 Å².